The number of imide groups is 1. The van der Waals surface area contributed by atoms with Crippen LogP contribution in [0.25, 0.3) is 0 Å². The summed E-state index contributed by atoms with van der Waals surface area (Å²) in [7, 11) is 0. The van der Waals surface area contributed by atoms with Gasteiger partial charge in [0.2, 0.25) is 11.8 Å². The van der Waals surface area contributed by atoms with Gasteiger partial charge in [0.05, 0.1) is 11.8 Å². The predicted octanol–water partition coefficient (Wildman–Crippen LogP) is 1.89. The van der Waals surface area contributed by atoms with Crippen LogP contribution in [0.5, 0.6) is 0 Å². The van der Waals surface area contributed by atoms with E-state index < -0.39 is 0 Å². The topological polar surface area (TPSA) is 63.4 Å². The number of fused-ring (bicyclic) bond motifs is 1. The maximum atomic E-state index is 12.3. The van der Waals surface area contributed by atoms with Crippen molar-refractivity contribution in [3.63, 3.8) is 0 Å². The molecule has 0 radical (unpaired) electrons. The second-order valence-corrected chi connectivity index (χ2v) is 6.77. The molecule has 1 aromatic carbocycles. The second-order valence-electron chi connectivity index (χ2n) is 6.77. The first-order valence-corrected chi connectivity index (χ1v) is 7.57. The van der Waals surface area contributed by atoms with E-state index in [1.165, 1.54) is 10.5 Å². The number of benzene rings is 1. The van der Waals surface area contributed by atoms with Gasteiger partial charge in [0, 0.05) is 12.6 Å². The number of rotatable bonds is 4. The van der Waals surface area contributed by atoms with Gasteiger partial charge in [-0.15, -0.1) is 0 Å². The van der Waals surface area contributed by atoms with Gasteiger partial charge in [-0.3, -0.25) is 14.5 Å². The van der Waals surface area contributed by atoms with E-state index in [0.717, 1.165) is 12.0 Å². The van der Waals surface area contributed by atoms with Gasteiger partial charge in [-0.1, -0.05) is 45.0 Å². The SMILES string of the molecule is CCc1ccc(C(N)CN2C(=O)C3C(C2=O)C3(C)C)cc1. The Morgan fingerprint density at radius 3 is 2.14 bits per heavy atom. The van der Waals surface area contributed by atoms with E-state index in [2.05, 4.69) is 6.92 Å². The Morgan fingerprint density at radius 2 is 1.67 bits per heavy atom. The smallest absolute Gasteiger partial charge is 0.233 e. The van der Waals surface area contributed by atoms with Crippen LogP contribution in [-0.2, 0) is 16.0 Å². The monoisotopic (exact) mass is 286 g/mol. The highest BCUT2D eigenvalue weighted by molar-refractivity contribution is 6.10. The van der Waals surface area contributed by atoms with Crippen LogP contribution >= 0.6 is 0 Å². The summed E-state index contributed by atoms with van der Waals surface area (Å²) in [6.45, 7) is 6.36. The molecular formula is C17H22N2O2. The van der Waals surface area contributed by atoms with Crippen LogP contribution in [0.15, 0.2) is 24.3 Å². The van der Waals surface area contributed by atoms with Crippen molar-refractivity contribution in [3.05, 3.63) is 35.4 Å². The Balaban J connectivity index is 1.70. The van der Waals surface area contributed by atoms with Gasteiger partial charge in [-0.2, -0.15) is 0 Å². The number of nitrogens with zero attached hydrogens (tertiary/aromatic N) is 1. The summed E-state index contributed by atoms with van der Waals surface area (Å²) in [4.78, 5) is 25.9. The first-order chi connectivity index (χ1) is 9.87. The molecule has 3 unspecified atom stereocenters. The summed E-state index contributed by atoms with van der Waals surface area (Å²) in [6, 6.07) is 7.75. The van der Waals surface area contributed by atoms with E-state index in [4.69, 9.17) is 5.73 Å². The standard InChI is InChI=1S/C17H22N2O2/c1-4-10-5-7-11(8-6-10)12(18)9-19-15(20)13-14(16(19)21)17(13,2)3/h5-8,12-14H,4,9,18H2,1-3H3. The van der Waals surface area contributed by atoms with Crippen LogP contribution in [0, 0.1) is 17.3 Å². The van der Waals surface area contributed by atoms with E-state index in [1.54, 1.807) is 0 Å². The number of aryl methyl sites for hydroxylation is 1. The summed E-state index contributed by atoms with van der Waals surface area (Å²) >= 11 is 0. The minimum Gasteiger partial charge on any atom is -0.322 e. The molecule has 0 bridgehead atoms. The van der Waals surface area contributed by atoms with Crippen molar-refractivity contribution in [3.8, 4) is 0 Å². The Hall–Kier alpha value is -1.68. The lowest BCUT2D eigenvalue weighted by Crippen LogP contribution is -2.40. The fraction of sp³-hybridized carbons (Fsp3) is 0.529. The van der Waals surface area contributed by atoms with E-state index >= 15 is 0 Å². The average Bonchev–Trinajstić information content (AvgIpc) is 2.95. The molecule has 3 rings (SSSR count). The minimum absolute atomic E-state index is 0.0457. The van der Waals surface area contributed by atoms with Crippen molar-refractivity contribution in [2.45, 2.75) is 33.2 Å². The molecule has 4 heteroatoms. The molecule has 1 heterocycles. The first kappa shape index (κ1) is 14.3. The molecule has 21 heavy (non-hydrogen) atoms. The number of likely N-dealkylation sites (tertiary alicyclic amines) is 1. The third-order valence-electron chi connectivity index (χ3n) is 5.09. The van der Waals surface area contributed by atoms with Gasteiger partial charge in [-0.25, -0.2) is 0 Å². The van der Waals surface area contributed by atoms with Crippen molar-refractivity contribution in [2.75, 3.05) is 6.54 Å². The molecule has 2 amide bonds. The number of carbonyl (C=O) groups excluding carboxylic acids is 2. The van der Waals surface area contributed by atoms with Crippen molar-refractivity contribution < 1.29 is 9.59 Å². The van der Waals surface area contributed by atoms with Crippen molar-refractivity contribution in [1.82, 2.24) is 4.90 Å². The van der Waals surface area contributed by atoms with Gasteiger partial charge < -0.3 is 5.73 Å². The number of nitrogens with two attached hydrogens (primary N) is 1. The largest absolute Gasteiger partial charge is 0.322 e. The third kappa shape index (κ3) is 2.09. The lowest BCUT2D eigenvalue weighted by atomic mass is 10.0. The molecule has 3 atom stereocenters. The summed E-state index contributed by atoms with van der Waals surface area (Å²) in [5, 5.41) is 0. The number of piperidine rings is 1. The molecule has 1 saturated heterocycles. The summed E-state index contributed by atoms with van der Waals surface area (Å²) in [5.74, 6) is -0.342. The molecule has 1 saturated carbocycles. The zero-order chi connectivity index (χ0) is 15.4. The highest BCUT2D eigenvalue weighted by Gasteiger charge is 2.72. The Labute approximate surface area is 125 Å². The summed E-state index contributed by atoms with van der Waals surface area (Å²) in [6.07, 6.45) is 0.983. The van der Waals surface area contributed by atoms with E-state index in [0.29, 0.717) is 0 Å². The highest BCUT2D eigenvalue weighted by Crippen LogP contribution is 2.63. The quantitative estimate of drug-likeness (QED) is 0.860. The second kappa shape index (κ2) is 4.67. The molecule has 112 valence electrons. The fourth-order valence-corrected chi connectivity index (χ4v) is 3.49. The van der Waals surface area contributed by atoms with Gasteiger partial charge in [0.25, 0.3) is 0 Å². The molecule has 2 N–H and O–H groups in total. The third-order valence-corrected chi connectivity index (χ3v) is 5.09. The number of carbonyl (C=O) groups is 2. The fourth-order valence-electron chi connectivity index (χ4n) is 3.49. The lowest BCUT2D eigenvalue weighted by Gasteiger charge is -2.24. The molecular weight excluding hydrogens is 264 g/mol. The Kier molecular flexibility index (Phi) is 3.17. The maximum absolute atomic E-state index is 12.3. The lowest BCUT2D eigenvalue weighted by molar-refractivity contribution is -0.143. The van der Waals surface area contributed by atoms with Crippen LogP contribution in [0.4, 0.5) is 0 Å². The molecule has 1 aliphatic carbocycles. The first-order valence-electron chi connectivity index (χ1n) is 7.57. The van der Waals surface area contributed by atoms with Crippen molar-refractivity contribution in [2.24, 2.45) is 23.0 Å². The van der Waals surface area contributed by atoms with Gasteiger partial charge in [-0.05, 0) is 23.0 Å². The molecule has 0 spiro atoms. The van der Waals surface area contributed by atoms with Crippen LogP contribution in [0.2, 0.25) is 0 Å². The number of hydrogen-bond acceptors (Lipinski definition) is 3. The molecule has 1 aliphatic heterocycles. The van der Waals surface area contributed by atoms with Crippen molar-refractivity contribution in [1.29, 1.82) is 0 Å². The van der Waals surface area contributed by atoms with E-state index in [1.807, 2.05) is 38.1 Å². The van der Waals surface area contributed by atoms with Gasteiger partial charge in [0.1, 0.15) is 0 Å². The zero-order valence-electron chi connectivity index (χ0n) is 12.8. The van der Waals surface area contributed by atoms with Crippen LogP contribution in [-0.4, -0.2) is 23.3 Å². The van der Waals surface area contributed by atoms with Gasteiger partial charge in [0.15, 0.2) is 0 Å². The summed E-state index contributed by atoms with van der Waals surface area (Å²) in [5.41, 5.74) is 8.23. The van der Waals surface area contributed by atoms with Crippen molar-refractivity contribution >= 4 is 11.8 Å². The van der Waals surface area contributed by atoms with Crippen LogP contribution in [0.1, 0.15) is 37.9 Å². The Morgan fingerprint density at radius 1 is 1.14 bits per heavy atom. The highest BCUT2D eigenvalue weighted by atomic mass is 16.2. The summed E-state index contributed by atoms with van der Waals surface area (Å²) < 4.78 is 0. The zero-order valence-corrected chi connectivity index (χ0v) is 12.8. The van der Waals surface area contributed by atoms with Crippen LogP contribution < -0.4 is 5.73 Å². The molecule has 2 aliphatic rings. The molecule has 0 aromatic heterocycles. The maximum Gasteiger partial charge on any atom is 0.233 e. The molecule has 1 aromatic rings. The average molecular weight is 286 g/mol. The van der Waals surface area contributed by atoms with E-state index in [9.17, 15) is 9.59 Å². The van der Waals surface area contributed by atoms with Gasteiger partial charge >= 0.3 is 0 Å². The Bertz CT molecular complexity index is 567. The number of amides is 2. The van der Waals surface area contributed by atoms with E-state index in [-0.39, 0.29) is 41.7 Å². The predicted molar refractivity (Wildman–Crippen MR) is 80.2 cm³/mol. The normalized spacial score (nSPS) is 27.7. The van der Waals surface area contributed by atoms with Crippen LogP contribution in [0.3, 0.4) is 0 Å². The number of hydrogen-bond donors (Lipinski definition) is 1. The molecule has 2 fully saturated rings. The molecule has 4 nitrogen and oxygen atoms in total. The minimum atomic E-state index is -0.315.